The predicted molar refractivity (Wildman–Crippen MR) is 119 cm³/mol. The molecular formula is C24H39ClSi. The molecule has 2 fully saturated rings. The maximum atomic E-state index is 6.03. The molecule has 2 aliphatic rings. The second-order valence-electron chi connectivity index (χ2n) is 9.23. The minimum atomic E-state index is -0.312. The molecule has 0 bridgehead atoms. The van der Waals surface area contributed by atoms with E-state index in [0.717, 1.165) is 22.8 Å². The molecule has 0 unspecified atom stereocenters. The lowest BCUT2D eigenvalue weighted by Gasteiger charge is -2.32. The van der Waals surface area contributed by atoms with E-state index >= 15 is 0 Å². The number of rotatable bonds is 8. The summed E-state index contributed by atoms with van der Waals surface area (Å²) in [6.45, 7) is 2.33. The fraction of sp³-hybridized carbons (Fsp3) is 0.750. The van der Waals surface area contributed by atoms with E-state index in [9.17, 15) is 0 Å². The van der Waals surface area contributed by atoms with Crippen LogP contribution in [-0.2, 0) is 0 Å². The van der Waals surface area contributed by atoms with E-state index in [1.54, 1.807) is 31.0 Å². The van der Waals surface area contributed by atoms with Crippen molar-refractivity contribution in [2.45, 2.75) is 102 Å². The van der Waals surface area contributed by atoms with Crippen molar-refractivity contribution in [1.82, 2.24) is 0 Å². The fourth-order valence-electron chi connectivity index (χ4n) is 5.48. The quantitative estimate of drug-likeness (QED) is 0.309. The van der Waals surface area contributed by atoms with Crippen molar-refractivity contribution in [2.75, 3.05) is 0 Å². The van der Waals surface area contributed by atoms with E-state index in [-0.39, 0.29) is 8.80 Å². The molecule has 0 spiro atoms. The summed E-state index contributed by atoms with van der Waals surface area (Å²) >= 11 is 6.03. The maximum Gasteiger partial charge on any atom is 0.0406 e. The first-order chi connectivity index (χ1) is 12.7. The van der Waals surface area contributed by atoms with Crippen molar-refractivity contribution in [3.05, 3.63) is 34.9 Å². The Kier molecular flexibility index (Phi) is 8.58. The average Bonchev–Trinajstić information content (AvgIpc) is 2.69. The molecule has 0 N–H and O–H groups in total. The van der Waals surface area contributed by atoms with Crippen molar-refractivity contribution in [1.29, 1.82) is 0 Å². The van der Waals surface area contributed by atoms with Gasteiger partial charge in [0.15, 0.2) is 0 Å². The normalized spacial score (nSPS) is 29.6. The second-order valence-corrected chi connectivity index (χ2v) is 13.1. The SMILES string of the molecule is CCCCC[Si@H]1CC[C@H](CC[C@H]2CC[C@H](c3ccc(Cl)cc3)CC2)CC1. The van der Waals surface area contributed by atoms with Crippen LogP contribution in [0.25, 0.3) is 0 Å². The van der Waals surface area contributed by atoms with Crippen molar-refractivity contribution in [2.24, 2.45) is 11.8 Å². The van der Waals surface area contributed by atoms with Crippen molar-refractivity contribution < 1.29 is 0 Å². The van der Waals surface area contributed by atoms with E-state index in [1.807, 2.05) is 0 Å². The number of hydrogen-bond donors (Lipinski definition) is 0. The van der Waals surface area contributed by atoms with Crippen LogP contribution in [0.15, 0.2) is 24.3 Å². The summed E-state index contributed by atoms with van der Waals surface area (Å²) in [6, 6.07) is 13.6. The van der Waals surface area contributed by atoms with Crippen LogP contribution in [0.1, 0.15) is 89.0 Å². The third-order valence-corrected chi connectivity index (χ3v) is 11.1. The Hall–Kier alpha value is -0.273. The molecule has 0 aromatic heterocycles. The first-order valence-electron chi connectivity index (χ1n) is 11.5. The highest BCUT2D eigenvalue weighted by atomic mass is 35.5. The van der Waals surface area contributed by atoms with Gasteiger partial charge in [0.2, 0.25) is 0 Å². The average molecular weight is 391 g/mol. The molecule has 1 aliphatic heterocycles. The number of hydrogen-bond acceptors (Lipinski definition) is 0. The summed E-state index contributed by atoms with van der Waals surface area (Å²) in [5, 5.41) is 0.866. The summed E-state index contributed by atoms with van der Waals surface area (Å²) < 4.78 is 0. The van der Waals surface area contributed by atoms with Crippen LogP contribution in [-0.4, -0.2) is 8.80 Å². The minimum absolute atomic E-state index is 0.312. The van der Waals surface area contributed by atoms with Gasteiger partial charge >= 0.3 is 0 Å². The van der Waals surface area contributed by atoms with Crippen molar-refractivity contribution in [3.8, 4) is 0 Å². The molecule has 1 aliphatic carbocycles. The van der Waals surface area contributed by atoms with Crippen LogP contribution < -0.4 is 0 Å². The van der Waals surface area contributed by atoms with E-state index in [0.29, 0.717) is 0 Å². The fourth-order valence-corrected chi connectivity index (χ4v) is 9.23. The zero-order valence-electron chi connectivity index (χ0n) is 16.9. The maximum absolute atomic E-state index is 6.03. The Morgan fingerprint density at radius 2 is 1.46 bits per heavy atom. The zero-order valence-corrected chi connectivity index (χ0v) is 18.8. The van der Waals surface area contributed by atoms with Gasteiger partial charge in [-0.15, -0.1) is 0 Å². The second kappa shape index (κ2) is 10.9. The molecule has 3 rings (SSSR count). The van der Waals surface area contributed by atoms with Crippen LogP contribution in [0, 0.1) is 11.8 Å². The molecular weight excluding hydrogens is 352 g/mol. The third kappa shape index (κ3) is 6.41. The molecule has 0 amide bonds. The Bertz CT molecular complexity index is 495. The molecule has 1 saturated heterocycles. The van der Waals surface area contributed by atoms with E-state index in [2.05, 4.69) is 31.2 Å². The number of benzene rings is 1. The summed E-state index contributed by atoms with van der Waals surface area (Å²) in [7, 11) is -0.312. The lowest BCUT2D eigenvalue weighted by molar-refractivity contribution is 0.280. The summed E-state index contributed by atoms with van der Waals surface area (Å²) in [5.74, 6) is 2.88. The van der Waals surface area contributed by atoms with Crippen molar-refractivity contribution in [3.63, 3.8) is 0 Å². The highest BCUT2D eigenvalue weighted by Gasteiger charge is 2.25. The smallest absolute Gasteiger partial charge is 0.0406 e. The van der Waals surface area contributed by atoms with Gasteiger partial charge in [0.25, 0.3) is 0 Å². The molecule has 1 saturated carbocycles. The Labute approximate surface area is 168 Å². The van der Waals surface area contributed by atoms with Crippen LogP contribution in [0.5, 0.6) is 0 Å². The molecule has 0 atom stereocenters. The summed E-state index contributed by atoms with van der Waals surface area (Å²) in [4.78, 5) is 0. The van der Waals surface area contributed by atoms with Gasteiger partial charge in [-0.25, -0.2) is 0 Å². The predicted octanol–water partition coefficient (Wildman–Crippen LogP) is 8.22. The Morgan fingerprint density at radius 3 is 2.08 bits per heavy atom. The van der Waals surface area contributed by atoms with Crippen LogP contribution in [0.4, 0.5) is 0 Å². The third-order valence-electron chi connectivity index (χ3n) is 7.35. The molecule has 0 radical (unpaired) electrons. The molecule has 1 aromatic rings. The van der Waals surface area contributed by atoms with Crippen LogP contribution in [0.3, 0.4) is 0 Å². The molecule has 26 heavy (non-hydrogen) atoms. The lowest BCUT2D eigenvalue weighted by atomic mass is 9.76. The first-order valence-corrected chi connectivity index (χ1v) is 14.3. The Morgan fingerprint density at radius 1 is 0.846 bits per heavy atom. The Balaban J connectivity index is 1.30. The molecule has 0 nitrogen and oxygen atoms in total. The largest absolute Gasteiger partial charge is 0.0843 e. The molecule has 2 heteroatoms. The van der Waals surface area contributed by atoms with Gasteiger partial charge in [-0.3, -0.25) is 0 Å². The van der Waals surface area contributed by atoms with Gasteiger partial charge in [0, 0.05) is 13.8 Å². The van der Waals surface area contributed by atoms with Crippen LogP contribution in [0.2, 0.25) is 23.2 Å². The van der Waals surface area contributed by atoms with Gasteiger partial charge in [-0.05, 0) is 61.1 Å². The van der Waals surface area contributed by atoms with Crippen molar-refractivity contribution >= 4 is 20.4 Å². The molecule has 146 valence electrons. The van der Waals surface area contributed by atoms with Gasteiger partial charge in [0.1, 0.15) is 0 Å². The van der Waals surface area contributed by atoms with Gasteiger partial charge < -0.3 is 0 Å². The van der Waals surface area contributed by atoms with Gasteiger partial charge in [-0.1, -0.05) is 93.7 Å². The highest BCUT2D eigenvalue weighted by Crippen LogP contribution is 2.39. The molecule has 1 heterocycles. The van der Waals surface area contributed by atoms with E-state index in [4.69, 9.17) is 11.6 Å². The topological polar surface area (TPSA) is 0 Å². The molecule has 1 aromatic carbocycles. The van der Waals surface area contributed by atoms with Crippen LogP contribution >= 0.6 is 11.6 Å². The summed E-state index contributed by atoms with van der Waals surface area (Å²) in [6.07, 6.45) is 16.3. The number of halogens is 1. The highest BCUT2D eigenvalue weighted by molar-refractivity contribution is 6.58. The number of unbranched alkanes of at least 4 members (excludes halogenated alkanes) is 2. The first kappa shape index (κ1) is 20.5. The van der Waals surface area contributed by atoms with E-state index < -0.39 is 0 Å². The van der Waals surface area contributed by atoms with Gasteiger partial charge in [-0.2, -0.15) is 0 Å². The lowest BCUT2D eigenvalue weighted by Crippen LogP contribution is -2.22. The monoisotopic (exact) mass is 390 g/mol. The van der Waals surface area contributed by atoms with Gasteiger partial charge in [0.05, 0.1) is 0 Å². The van der Waals surface area contributed by atoms with E-state index in [1.165, 1.54) is 63.4 Å². The summed E-state index contributed by atoms with van der Waals surface area (Å²) in [5.41, 5.74) is 1.51. The standard InChI is InChI=1S/C24H39ClSi/c1-2-3-4-17-26-18-15-21(16-19-26)6-5-20-7-9-22(10-8-20)23-11-13-24(25)14-12-23/h11-14,20-22,26H,2-10,15-19H2,1H3/t20-,21-,22-,26-. The minimum Gasteiger partial charge on any atom is -0.0843 e. The zero-order chi connectivity index (χ0) is 18.2.